The van der Waals surface area contributed by atoms with Crippen LogP contribution < -0.4 is 19.9 Å². The van der Waals surface area contributed by atoms with Crippen molar-refractivity contribution in [2.24, 2.45) is 0 Å². The number of para-hydroxylation sites is 2. The number of alkyl halides is 3. The SMILES string of the molecule is N#Cc1ccc(Nc2nc(Oc3cccc4cccnc34)nc(N3CCN(c4ccccc4)CC3)n2)cc1C(F)(F)F. The predicted molar refractivity (Wildman–Crippen MR) is 152 cm³/mol. The standard InChI is InChI=1S/C30H23F3N8O/c31-30(32,33)24-18-22(12-11-21(24)19-34)36-27-37-28(41-16-14-40(15-17-41)23-8-2-1-3-9-23)39-29(38-27)42-25-10-4-6-20-7-5-13-35-26(20)25/h1-13,18H,14-17H2,(H,36,37,38,39). The summed E-state index contributed by atoms with van der Waals surface area (Å²) in [6.07, 6.45) is -3.06. The molecule has 1 aliphatic rings. The first-order valence-electron chi connectivity index (χ1n) is 13.1. The first-order chi connectivity index (χ1) is 20.4. The number of nitrogens with one attached hydrogen (secondary N) is 1. The van der Waals surface area contributed by atoms with Crippen LogP contribution in [0.4, 0.5) is 36.4 Å². The molecule has 3 heterocycles. The third-order valence-electron chi connectivity index (χ3n) is 6.79. The molecule has 0 atom stereocenters. The molecule has 210 valence electrons. The maximum absolute atomic E-state index is 13.6. The third-order valence-corrected chi connectivity index (χ3v) is 6.79. The smallest absolute Gasteiger partial charge is 0.417 e. The molecular weight excluding hydrogens is 545 g/mol. The average molecular weight is 569 g/mol. The lowest BCUT2D eigenvalue weighted by Crippen LogP contribution is -2.47. The normalized spacial score (nSPS) is 13.6. The van der Waals surface area contributed by atoms with Gasteiger partial charge in [-0.3, -0.25) is 4.98 Å². The van der Waals surface area contributed by atoms with E-state index in [4.69, 9.17) is 10.00 Å². The summed E-state index contributed by atoms with van der Waals surface area (Å²) in [6.45, 7) is 2.63. The second-order valence-electron chi connectivity index (χ2n) is 9.48. The Morgan fingerprint density at radius 3 is 2.36 bits per heavy atom. The molecule has 6 rings (SSSR count). The first kappa shape index (κ1) is 26.8. The van der Waals surface area contributed by atoms with Gasteiger partial charge in [-0.1, -0.05) is 36.4 Å². The zero-order chi connectivity index (χ0) is 29.1. The molecule has 42 heavy (non-hydrogen) atoms. The number of fused-ring (bicyclic) bond motifs is 1. The Hall–Kier alpha value is -5.44. The van der Waals surface area contributed by atoms with Crippen molar-refractivity contribution in [3.63, 3.8) is 0 Å². The number of piperazine rings is 1. The monoisotopic (exact) mass is 568 g/mol. The van der Waals surface area contributed by atoms with Crippen LogP contribution in [0.5, 0.6) is 11.8 Å². The van der Waals surface area contributed by atoms with Gasteiger partial charge in [-0.2, -0.15) is 33.4 Å². The van der Waals surface area contributed by atoms with Gasteiger partial charge in [-0.05, 0) is 42.5 Å². The molecule has 0 amide bonds. The van der Waals surface area contributed by atoms with E-state index >= 15 is 0 Å². The number of halogens is 3. The van der Waals surface area contributed by atoms with Gasteiger partial charge < -0.3 is 19.9 Å². The highest BCUT2D eigenvalue weighted by Gasteiger charge is 2.34. The Morgan fingerprint density at radius 2 is 1.60 bits per heavy atom. The van der Waals surface area contributed by atoms with E-state index in [0.717, 1.165) is 23.2 Å². The minimum absolute atomic E-state index is 0.00785. The Morgan fingerprint density at radius 1 is 0.833 bits per heavy atom. The second-order valence-corrected chi connectivity index (χ2v) is 9.48. The Labute approximate surface area is 238 Å². The van der Waals surface area contributed by atoms with Gasteiger partial charge in [-0.25, -0.2) is 0 Å². The number of ether oxygens (including phenoxy) is 1. The van der Waals surface area contributed by atoms with Crippen LogP contribution in [0.15, 0.2) is 85.1 Å². The zero-order valence-corrected chi connectivity index (χ0v) is 22.1. The third kappa shape index (κ3) is 5.71. The van der Waals surface area contributed by atoms with E-state index in [9.17, 15) is 13.2 Å². The van der Waals surface area contributed by atoms with Crippen molar-refractivity contribution >= 4 is 34.2 Å². The minimum atomic E-state index is -4.71. The quantitative estimate of drug-likeness (QED) is 0.257. The lowest BCUT2D eigenvalue weighted by atomic mass is 10.1. The van der Waals surface area contributed by atoms with Crippen molar-refractivity contribution in [3.8, 4) is 17.8 Å². The molecule has 3 aromatic carbocycles. The number of nitrogens with zero attached hydrogens (tertiary/aromatic N) is 7. The Balaban J connectivity index is 1.33. The average Bonchev–Trinajstić information content (AvgIpc) is 3.01. The maximum atomic E-state index is 13.6. The summed E-state index contributed by atoms with van der Waals surface area (Å²) in [5.74, 6) is 0.724. The Bertz CT molecular complexity index is 1760. The summed E-state index contributed by atoms with van der Waals surface area (Å²) in [5.41, 5.74) is 0.247. The van der Waals surface area contributed by atoms with Gasteiger partial charge in [0.25, 0.3) is 0 Å². The molecule has 9 nitrogen and oxygen atoms in total. The molecule has 1 N–H and O–H groups in total. The highest BCUT2D eigenvalue weighted by atomic mass is 19.4. The molecule has 0 saturated carbocycles. The molecule has 1 aliphatic heterocycles. The van der Waals surface area contributed by atoms with E-state index in [2.05, 4.69) is 42.3 Å². The van der Waals surface area contributed by atoms with Gasteiger partial charge in [0, 0.05) is 49.1 Å². The molecule has 5 aromatic rings. The second kappa shape index (κ2) is 11.2. The molecule has 12 heteroatoms. The molecule has 0 aliphatic carbocycles. The number of rotatable bonds is 6. The van der Waals surface area contributed by atoms with Crippen LogP contribution in [0, 0.1) is 11.3 Å². The van der Waals surface area contributed by atoms with Crippen LogP contribution in [0.25, 0.3) is 10.9 Å². The summed E-state index contributed by atoms with van der Waals surface area (Å²) in [7, 11) is 0. The topological polar surface area (TPSA) is 103 Å². The van der Waals surface area contributed by atoms with Crippen LogP contribution in [0.2, 0.25) is 0 Å². The largest absolute Gasteiger partial charge is 0.422 e. The number of hydrogen-bond donors (Lipinski definition) is 1. The highest BCUT2D eigenvalue weighted by molar-refractivity contribution is 5.84. The van der Waals surface area contributed by atoms with Crippen molar-refractivity contribution in [2.75, 3.05) is 41.3 Å². The van der Waals surface area contributed by atoms with Gasteiger partial charge in [0.2, 0.25) is 11.9 Å². The summed E-state index contributed by atoms with van der Waals surface area (Å²) >= 11 is 0. The van der Waals surface area contributed by atoms with E-state index in [-0.39, 0.29) is 17.6 Å². The fourth-order valence-electron chi connectivity index (χ4n) is 4.73. The van der Waals surface area contributed by atoms with E-state index in [0.29, 0.717) is 43.4 Å². The van der Waals surface area contributed by atoms with Crippen molar-refractivity contribution in [1.82, 2.24) is 19.9 Å². The van der Waals surface area contributed by atoms with E-state index in [1.807, 2.05) is 47.4 Å². The molecule has 2 aromatic heterocycles. The van der Waals surface area contributed by atoms with Crippen LogP contribution >= 0.6 is 0 Å². The fraction of sp³-hybridized carbons (Fsp3) is 0.167. The number of hydrogen-bond acceptors (Lipinski definition) is 9. The number of pyridine rings is 1. The van der Waals surface area contributed by atoms with Crippen LogP contribution in [0.3, 0.4) is 0 Å². The molecule has 0 unspecified atom stereocenters. The van der Waals surface area contributed by atoms with E-state index in [1.165, 1.54) is 6.07 Å². The van der Waals surface area contributed by atoms with Crippen LogP contribution in [0.1, 0.15) is 11.1 Å². The van der Waals surface area contributed by atoms with Gasteiger partial charge in [0.1, 0.15) is 5.52 Å². The lowest BCUT2D eigenvalue weighted by molar-refractivity contribution is -0.137. The van der Waals surface area contributed by atoms with Crippen molar-refractivity contribution < 1.29 is 17.9 Å². The summed E-state index contributed by atoms with van der Waals surface area (Å²) in [6, 6.07) is 24.1. The van der Waals surface area contributed by atoms with Crippen molar-refractivity contribution in [1.29, 1.82) is 5.26 Å². The molecule has 1 fully saturated rings. The van der Waals surface area contributed by atoms with Crippen LogP contribution in [-0.4, -0.2) is 46.1 Å². The number of benzene rings is 3. The van der Waals surface area contributed by atoms with Gasteiger partial charge in [-0.15, -0.1) is 0 Å². The number of anilines is 4. The molecule has 0 bridgehead atoms. The van der Waals surface area contributed by atoms with Crippen LogP contribution in [-0.2, 0) is 6.18 Å². The summed E-state index contributed by atoms with van der Waals surface area (Å²) in [4.78, 5) is 22.1. The number of aromatic nitrogens is 4. The molecule has 1 saturated heterocycles. The lowest BCUT2D eigenvalue weighted by Gasteiger charge is -2.36. The minimum Gasteiger partial charge on any atom is -0.422 e. The van der Waals surface area contributed by atoms with Gasteiger partial charge in [0.15, 0.2) is 5.75 Å². The van der Waals surface area contributed by atoms with Gasteiger partial charge >= 0.3 is 12.2 Å². The molecular formula is C30H23F3N8O. The highest BCUT2D eigenvalue weighted by Crippen LogP contribution is 2.34. The first-order valence-corrected chi connectivity index (χ1v) is 13.1. The Kier molecular flexibility index (Phi) is 7.14. The maximum Gasteiger partial charge on any atom is 0.417 e. The molecule has 0 radical (unpaired) electrons. The zero-order valence-electron chi connectivity index (χ0n) is 22.1. The number of nitriles is 1. The van der Waals surface area contributed by atoms with Gasteiger partial charge in [0.05, 0.1) is 17.2 Å². The summed E-state index contributed by atoms with van der Waals surface area (Å²) in [5, 5.41) is 12.9. The fourth-order valence-corrected chi connectivity index (χ4v) is 4.73. The summed E-state index contributed by atoms with van der Waals surface area (Å²) < 4.78 is 46.9. The predicted octanol–water partition coefficient (Wildman–Crippen LogP) is 6.17. The van der Waals surface area contributed by atoms with E-state index in [1.54, 1.807) is 18.3 Å². The van der Waals surface area contributed by atoms with Crippen molar-refractivity contribution in [3.05, 3.63) is 96.2 Å². The molecule has 0 spiro atoms. The van der Waals surface area contributed by atoms with E-state index < -0.39 is 17.3 Å². The van der Waals surface area contributed by atoms with Crippen molar-refractivity contribution in [2.45, 2.75) is 6.18 Å².